The Bertz CT molecular complexity index is 195. The molecule has 2 heteroatoms. The van der Waals surface area contributed by atoms with Gasteiger partial charge >= 0.3 is 0 Å². The van der Waals surface area contributed by atoms with Crippen molar-refractivity contribution in [3.05, 3.63) is 0 Å². The molecule has 2 nitrogen and oxygen atoms in total. The van der Waals surface area contributed by atoms with E-state index in [9.17, 15) is 5.11 Å². The quantitative estimate of drug-likeness (QED) is 0.615. The van der Waals surface area contributed by atoms with E-state index >= 15 is 0 Å². The molecule has 76 valence electrons. The summed E-state index contributed by atoms with van der Waals surface area (Å²) in [4.78, 5) is 2.53. The van der Waals surface area contributed by atoms with E-state index in [4.69, 9.17) is 0 Å². The summed E-state index contributed by atoms with van der Waals surface area (Å²) in [5.41, 5.74) is 0.279. The van der Waals surface area contributed by atoms with Crippen LogP contribution in [0.2, 0.25) is 0 Å². The second-order valence-electron chi connectivity index (χ2n) is 5.74. The zero-order valence-corrected chi connectivity index (χ0v) is 8.95. The molecule has 0 amide bonds. The fourth-order valence-electron chi connectivity index (χ4n) is 2.78. The molecule has 1 aliphatic heterocycles. The van der Waals surface area contributed by atoms with Crippen molar-refractivity contribution in [3.63, 3.8) is 0 Å². The Morgan fingerprint density at radius 2 is 1.85 bits per heavy atom. The molecule has 1 saturated carbocycles. The van der Waals surface area contributed by atoms with Crippen LogP contribution in [-0.2, 0) is 0 Å². The average molecular weight is 183 g/mol. The van der Waals surface area contributed by atoms with E-state index in [1.54, 1.807) is 0 Å². The van der Waals surface area contributed by atoms with Crippen molar-refractivity contribution in [1.82, 2.24) is 4.90 Å². The maximum atomic E-state index is 9.76. The molecule has 13 heavy (non-hydrogen) atoms. The number of hydrogen-bond donors (Lipinski definition) is 1. The molecule has 0 aromatic heterocycles. The van der Waals surface area contributed by atoms with Crippen LogP contribution in [-0.4, -0.2) is 34.7 Å². The number of nitrogens with zero attached hydrogens (tertiary/aromatic N) is 1. The Morgan fingerprint density at radius 3 is 2.38 bits per heavy atom. The fourth-order valence-corrected chi connectivity index (χ4v) is 2.78. The Balaban J connectivity index is 2.05. The lowest BCUT2D eigenvalue weighted by Crippen LogP contribution is -2.48. The number of aliphatic hydroxyl groups excluding tert-OH is 1. The summed E-state index contributed by atoms with van der Waals surface area (Å²) in [5, 5.41) is 9.76. The van der Waals surface area contributed by atoms with Crippen LogP contribution in [0.15, 0.2) is 0 Å². The van der Waals surface area contributed by atoms with Gasteiger partial charge in [0, 0.05) is 18.6 Å². The van der Waals surface area contributed by atoms with E-state index in [0.717, 1.165) is 18.9 Å². The predicted octanol–water partition coefficient (Wildman–Crippen LogP) is 1.49. The third-order valence-electron chi connectivity index (χ3n) is 3.64. The minimum absolute atomic E-state index is 0.0163. The highest BCUT2D eigenvalue weighted by Gasteiger charge is 2.41. The fraction of sp³-hybridized carbons (Fsp3) is 1.00. The van der Waals surface area contributed by atoms with Crippen molar-refractivity contribution in [2.45, 2.75) is 45.3 Å². The molecule has 2 rings (SSSR count). The minimum atomic E-state index is -0.0163. The number of rotatable bonds is 0. The molecule has 0 unspecified atom stereocenters. The second kappa shape index (κ2) is 2.96. The van der Waals surface area contributed by atoms with Gasteiger partial charge in [-0.3, -0.25) is 4.90 Å². The second-order valence-corrected chi connectivity index (χ2v) is 5.74. The van der Waals surface area contributed by atoms with E-state index in [-0.39, 0.29) is 11.6 Å². The third kappa shape index (κ3) is 1.75. The first-order valence-electron chi connectivity index (χ1n) is 5.40. The van der Waals surface area contributed by atoms with Gasteiger partial charge in [0.25, 0.3) is 0 Å². The van der Waals surface area contributed by atoms with Gasteiger partial charge in [0.15, 0.2) is 0 Å². The van der Waals surface area contributed by atoms with Gasteiger partial charge in [-0.05, 0) is 45.4 Å². The van der Waals surface area contributed by atoms with Crippen LogP contribution in [0.25, 0.3) is 0 Å². The maximum Gasteiger partial charge on any atom is 0.0583 e. The molecule has 2 aliphatic rings. The Morgan fingerprint density at radius 1 is 1.15 bits per heavy atom. The van der Waals surface area contributed by atoms with Crippen LogP contribution in [0.1, 0.15) is 33.6 Å². The van der Waals surface area contributed by atoms with E-state index < -0.39 is 0 Å². The van der Waals surface area contributed by atoms with Crippen molar-refractivity contribution in [2.75, 3.05) is 13.1 Å². The number of aliphatic hydroxyl groups is 1. The molecule has 0 radical (unpaired) electrons. The summed E-state index contributed by atoms with van der Waals surface area (Å²) in [6, 6.07) is 0. The molecule has 0 spiro atoms. The summed E-state index contributed by atoms with van der Waals surface area (Å²) >= 11 is 0. The molecular weight excluding hydrogens is 162 g/mol. The van der Waals surface area contributed by atoms with E-state index in [1.807, 2.05) is 0 Å². The van der Waals surface area contributed by atoms with Gasteiger partial charge < -0.3 is 5.11 Å². The molecule has 1 heterocycles. The highest BCUT2D eigenvalue weighted by molar-refractivity contribution is 4.94. The minimum Gasteiger partial charge on any atom is -0.393 e. The Kier molecular flexibility index (Phi) is 2.16. The first kappa shape index (κ1) is 9.47. The van der Waals surface area contributed by atoms with Gasteiger partial charge in [-0.1, -0.05) is 0 Å². The lowest BCUT2D eigenvalue weighted by Gasteiger charge is -2.41. The lowest BCUT2D eigenvalue weighted by molar-refractivity contribution is 0.0514. The molecule has 0 aromatic rings. The third-order valence-corrected chi connectivity index (χ3v) is 3.64. The Labute approximate surface area is 80.9 Å². The molecule has 1 N–H and O–H groups in total. The van der Waals surface area contributed by atoms with Gasteiger partial charge in [0.1, 0.15) is 0 Å². The summed E-state index contributed by atoms with van der Waals surface area (Å²) in [5.74, 6) is 1.31. The van der Waals surface area contributed by atoms with Crippen LogP contribution < -0.4 is 0 Å². The van der Waals surface area contributed by atoms with Crippen LogP contribution in [0, 0.1) is 11.8 Å². The van der Waals surface area contributed by atoms with Crippen LogP contribution in [0.4, 0.5) is 0 Å². The first-order valence-corrected chi connectivity index (χ1v) is 5.40. The number of hydrogen-bond acceptors (Lipinski definition) is 2. The summed E-state index contributed by atoms with van der Waals surface area (Å²) in [7, 11) is 0. The topological polar surface area (TPSA) is 23.5 Å². The first-order chi connectivity index (χ1) is 5.97. The van der Waals surface area contributed by atoms with E-state index in [0.29, 0.717) is 5.92 Å². The molecule has 2 fully saturated rings. The largest absolute Gasteiger partial charge is 0.393 e. The molecule has 3 atom stereocenters. The maximum absolute atomic E-state index is 9.76. The van der Waals surface area contributed by atoms with Gasteiger partial charge in [0.2, 0.25) is 0 Å². The van der Waals surface area contributed by atoms with Crippen molar-refractivity contribution >= 4 is 0 Å². The normalized spacial score (nSPS) is 41.1. The number of likely N-dealkylation sites (tertiary alicyclic amines) is 1. The van der Waals surface area contributed by atoms with E-state index in [2.05, 4.69) is 25.7 Å². The molecule has 1 saturated heterocycles. The molecule has 1 aliphatic carbocycles. The van der Waals surface area contributed by atoms with Crippen molar-refractivity contribution in [3.8, 4) is 0 Å². The zero-order valence-electron chi connectivity index (χ0n) is 8.95. The van der Waals surface area contributed by atoms with Gasteiger partial charge in [-0.2, -0.15) is 0 Å². The highest BCUT2D eigenvalue weighted by Crippen LogP contribution is 2.38. The van der Waals surface area contributed by atoms with Gasteiger partial charge in [-0.15, -0.1) is 0 Å². The van der Waals surface area contributed by atoms with Crippen molar-refractivity contribution in [2.24, 2.45) is 11.8 Å². The number of fused-ring (bicyclic) bond motifs is 2. The molecule has 2 bridgehead atoms. The van der Waals surface area contributed by atoms with Crippen LogP contribution in [0.5, 0.6) is 0 Å². The Hall–Kier alpha value is -0.0800. The predicted molar refractivity (Wildman–Crippen MR) is 53.5 cm³/mol. The number of piperidine rings is 1. The van der Waals surface area contributed by atoms with Crippen molar-refractivity contribution < 1.29 is 5.11 Å². The zero-order chi connectivity index (χ0) is 9.64. The van der Waals surface area contributed by atoms with Crippen LogP contribution in [0.3, 0.4) is 0 Å². The summed E-state index contributed by atoms with van der Waals surface area (Å²) < 4.78 is 0. The SMILES string of the molecule is CC(C)(C)N1C[C@@H]2C[C@H](C1)[C@@H](O)C2. The summed E-state index contributed by atoms with van der Waals surface area (Å²) in [6.45, 7) is 9.09. The monoisotopic (exact) mass is 183 g/mol. The smallest absolute Gasteiger partial charge is 0.0583 e. The molecular formula is C11H21NO. The molecule has 0 aromatic carbocycles. The standard InChI is InChI=1S/C11H21NO/c1-11(2,3)12-6-8-4-9(7-12)10(13)5-8/h8-10,13H,4-7H2,1-3H3/t8-,9-,10+/m1/s1. The lowest BCUT2D eigenvalue weighted by atomic mass is 9.93. The van der Waals surface area contributed by atoms with Gasteiger partial charge in [-0.25, -0.2) is 0 Å². The van der Waals surface area contributed by atoms with E-state index in [1.165, 1.54) is 13.0 Å². The highest BCUT2D eigenvalue weighted by atomic mass is 16.3. The summed E-state index contributed by atoms with van der Waals surface area (Å²) in [6.07, 6.45) is 2.28. The average Bonchev–Trinajstić information content (AvgIpc) is 2.24. The van der Waals surface area contributed by atoms with Crippen molar-refractivity contribution in [1.29, 1.82) is 0 Å². The van der Waals surface area contributed by atoms with Gasteiger partial charge in [0.05, 0.1) is 6.10 Å². The van der Waals surface area contributed by atoms with Crippen LogP contribution >= 0.6 is 0 Å².